The van der Waals surface area contributed by atoms with Crippen molar-refractivity contribution in [2.24, 2.45) is 0 Å². The standard InChI is InChI=1S/C17H16S/c1-3-13-18-17-11-9-16(10-12-17)15-7-5-14(4-2)6-8-15/h3-12H,1-2,13H2. The Morgan fingerprint density at radius 3 is 1.89 bits per heavy atom. The molecule has 2 aromatic rings. The Bertz CT molecular complexity index is 521. The number of hydrogen-bond acceptors (Lipinski definition) is 1. The molecule has 0 aliphatic carbocycles. The van der Waals surface area contributed by atoms with Crippen molar-refractivity contribution in [3.8, 4) is 11.1 Å². The van der Waals surface area contributed by atoms with Gasteiger partial charge in [-0.2, -0.15) is 0 Å². The monoisotopic (exact) mass is 252 g/mol. The first-order valence-electron chi connectivity index (χ1n) is 5.90. The Labute approximate surface area is 113 Å². The average molecular weight is 252 g/mol. The van der Waals surface area contributed by atoms with E-state index in [1.807, 2.05) is 12.2 Å². The van der Waals surface area contributed by atoms with Crippen LogP contribution in [0.15, 0.2) is 72.7 Å². The molecule has 0 heterocycles. The van der Waals surface area contributed by atoms with Gasteiger partial charge in [-0.25, -0.2) is 0 Å². The summed E-state index contributed by atoms with van der Waals surface area (Å²) in [6, 6.07) is 17.1. The predicted octanol–water partition coefficient (Wildman–Crippen LogP) is 5.27. The number of hydrogen-bond donors (Lipinski definition) is 0. The maximum absolute atomic E-state index is 3.76. The summed E-state index contributed by atoms with van der Waals surface area (Å²) >= 11 is 1.80. The van der Waals surface area contributed by atoms with E-state index in [2.05, 4.69) is 61.7 Å². The van der Waals surface area contributed by atoms with Crippen LogP contribution in [0, 0.1) is 0 Å². The van der Waals surface area contributed by atoms with Crippen LogP contribution < -0.4 is 0 Å². The molecule has 2 rings (SSSR count). The molecule has 0 fully saturated rings. The molecule has 18 heavy (non-hydrogen) atoms. The zero-order chi connectivity index (χ0) is 12.8. The van der Waals surface area contributed by atoms with E-state index in [0.717, 1.165) is 11.3 Å². The lowest BCUT2D eigenvalue weighted by atomic mass is 10.0. The summed E-state index contributed by atoms with van der Waals surface area (Å²) in [5.41, 5.74) is 3.63. The van der Waals surface area contributed by atoms with Crippen LogP contribution in [0.25, 0.3) is 17.2 Å². The Kier molecular flexibility index (Phi) is 4.43. The van der Waals surface area contributed by atoms with Crippen molar-refractivity contribution < 1.29 is 0 Å². The van der Waals surface area contributed by atoms with Crippen LogP contribution in [0.5, 0.6) is 0 Å². The van der Waals surface area contributed by atoms with Crippen molar-refractivity contribution in [3.63, 3.8) is 0 Å². The molecule has 0 amide bonds. The molecule has 1 heteroatoms. The first kappa shape index (κ1) is 12.7. The molecule has 0 bridgehead atoms. The smallest absolute Gasteiger partial charge is 0.0158 e. The molecular weight excluding hydrogens is 236 g/mol. The van der Waals surface area contributed by atoms with Gasteiger partial charge in [0.05, 0.1) is 0 Å². The molecule has 0 aromatic heterocycles. The van der Waals surface area contributed by atoms with Crippen LogP contribution in [-0.2, 0) is 0 Å². The van der Waals surface area contributed by atoms with Gasteiger partial charge in [0, 0.05) is 10.6 Å². The average Bonchev–Trinajstić information content (AvgIpc) is 2.46. The highest BCUT2D eigenvalue weighted by molar-refractivity contribution is 7.99. The Hall–Kier alpha value is -1.73. The number of rotatable bonds is 5. The van der Waals surface area contributed by atoms with Gasteiger partial charge in [0.2, 0.25) is 0 Å². The van der Waals surface area contributed by atoms with Gasteiger partial charge in [-0.15, -0.1) is 18.3 Å². The predicted molar refractivity (Wildman–Crippen MR) is 82.9 cm³/mol. The SMILES string of the molecule is C=CCSc1ccc(-c2ccc(C=C)cc2)cc1. The molecule has 0 spiro atoms. The first-order chi connectivity index (χ1) is 8.83. The molecule has 0 aliphatic rings. The van der Waals surface area contributed by atoms with Crippen LogP contribution in [0.1, 0.15) is 5.56 Å². The molecular formula is C17H16S. The zero-order valence-corrected chi connectivity index (χ0v) is 11.1. The fraction of sp³-hybridized carbons (Fsp3) is 0.0588. The molecule has 0 radical (unpaired) electrons. The first-order valence-corrected chi connectivity index (χ1v) is 6.88. The topological polar surface area (TPSA) is 0 Å². The summed E-state index contributed by atoms with van der Waals surface area (Å²) in [4.78, 5) is 1.28. The molecule has 0 nitrogen and oxygen atoms in total. The maximum Gasteiger partial charge on any atom is 0.0158 e. The molecule has 0 saturated carbocycles. The van der Waals surface area contributed by atoms with Gasteiger partial charge >= 0.3 is 0 Å². The Morgan fingerprint density at radius 1 is 0.833 bits per heavy atom. The number of thioether (sulfide) groups is 1. The lowest BCUT2D eigenvalue weighted by Crippen LogP contribution is -1.79. The van der Waals surface area contributed by atoms with Gasteiger partial charge in [0.25, 0.3) is 0 Å². The van der Waals surface area contributed by atoms with Crippen molar-refractivity contribution >= 4 is 17.8 Å². The second-order valence-corrected chi connectivity index (χ2v) is 5.04. The van der Waals surface area contributed by atoms with Crippen molar-refractivity contribution in [1.29, 1.82) is 0 Å². The van der Waals surface area contributed by atoms with E-state index < -0.39 is 0 Å². The minimum atomic E-state index is 0.952. The van der Waals surface area contributed by atoms with E-state index in [0.29, 0.717) is 0 Å². The molecule has 0 unspecified atom stereocenters. The third-order valence-corrected chi connectivity index (χ3v) is 3.71. The molecule has 0 saturated heterocycles. The van der Waals surface area contributed by atoms with Gasteiger partial charge in [-0.1, -0.05) is 55.1 Å². The van der Waals surface area contributed by atoms with Gasteiger partial charge in [-0.05, 0) is 28.8 Å². The minimum absolute atomic E-state index is 0.952. The van der Waals surface area contributed by atoms with Crippen LogP contribution >= 0.6 is 11.8 Å². The van der Waals surface area contributed by atoms with E-state index in [4.69, 9.17) is 0 Å². The lowest BCUT2D eigenvalue weighted by Gasteiger charge is -2.04. The fourth-order valence-corrected chi connectivity index (χ4v) is 2.35. The number of benzene rings is 2. The lowest BCUT2D eigenvalue weighted by molar-refractivity contribution is 1.45. The minimum Gasteiger partial charge on any atom is -0.122 e. The van der Waals surface area contributed by atoms with Crippen LogP contribution in [0.3, 0.4) is 0 Å². The molecule has 0 N–H and O–H groups in total. The molecule has 0 aliphatic heterocycles. The summed E-state index contributed by atoms with van der Waals surface area (Å²) in [7, 11) is 0. The van der Waals surface area contributed by atoms with Crippen molar-refractivity contribution in [2.75, 3.05) is 5.75 Å². The summed E-state index contributed by atoms with van der Waals surface area (Å²) in [5, 5.41) is 0. The third-order valence-electron chi connectivity index (χ3n) is 2.70. The Morgan fingerprint density at radius 2 is 1.39 bits per heavy atom. The largest absolute Gasteiger partial charge is 0.122 e. The maximum atomic E-state index is 3.76. The highest BCUT2D eigenvalue weighted by Gasteiger charge is 1.98. The van der Waals surface area contributed by atoms with Crippen molar-refractivity contribution in [3.05, 3.63) is 73.3 Å². The van der Waals surface area contributed by atoms with Crippen molar-refractivity contribution in [1.82, 2.24) is 0 Å². The highest BCUT2D eigenvalue weighted by Crippen LogP contribution is 2.24. The summed E-state index contributed by atoms with van der Waals surface area (Å²) in [6.45, 7) is 7.49. The van der Waals surface area contributed by atoms with E-state index in [1.54, 1.807) is 11.8 Å². The van der Waals surface area contributed by atoms with Crippen LogP contribution in [-0.4, -0.2) is 5.75 Å². The Balaban J connectivity index is 2.17. The van der Waals surface area contributed by atoms with E-state index in [-0.39, 0.29) is 0 Å². The van der Waals surface area contributed by atoms with Crippen LogP contribution in [0.2, 0.25) is 0 Å². The quantitative estimate of drug-likeness (QED) is 0.515. The van der Waals surface area contributed by atoms with Gasteiger partial charge in [0.1, 0.15) is 0 Å². The zero-order valence-electron chi connectivity index (χ0n) is 10.3. The highest BCUT2D eigenvalue weighted by atomic mass is 32.2. The van der Waals surface area contributed by atoms with E-state index in [9.17, 15) is 0 Å². The summed E-state index contributed by atoms with van der Waals surface area (Å²) in [5.74, 6) is 0.952. The summed E-state index contributed by atoms with van der Waals surface area (Å²) < 4.78 is 0. The van der Waals surface area contributed by atoms with Crippen LogP contribution in [0.4, 0.5) is 0 Å². The van der Waals surface area contributed by atoms with Crippen molar-refractivity contribution in [2.45, 2.75) is 4.90 Å². The van der Waals surface area contributed by atoms with Gasteiger partial charge in [-0.3, -0.25) is 0 Å². The third kappa shape index (κ3) is 3.14. The second kappa shape index (κ2) is 6.27. The molecule has 90 valence electrons. The fourth-order valence-electron chi connectivity index (χ4n) is 1.71. The van der Waals surface area contributed by atoms with Gasteiger partial charge < -0.3 is 0 Å². The normalized spacial score (nSPS) is 10.0. The van der Waals surface area contributed by atoms with E-state index >= 15 is 0 Å². The molecule has 2 aromatic carbocycles. The molecule has 0 atom stereocenters. The van der Waals surface area contributed by atoms with E-state index in [1.165, 1.54) is 16.0 Å². The summed E-state index contributed by atoms with van der Waals surface area (Å²) in [6.07, 6.45) is 3.78. The van der Waals surface area contributed by atoms with Gasteiger partial charge in [0.15, 0.2) is 0 Å². The second-order valence-electron chi connectivity index (χ2n) is 3.95.